The van der Waals surface area contributed by atoms with Crippen LogP contribution in [0, 0.1) is 0 Å². The summed E-state index contributed by atoms with van der Waals surface area (Å²) < 4.78 is 11.5. The monoisotopic (exact) mass is 329 g/mol. The third-order valence-corrected chi connectivity index (χ3v) is 3.61. The summed E-state index contributed by atoms with van der Waals surface area (Å²) in [7, 11) is 1.56. The molecule has 1 aliphatic rings. The SMILES string of the molecule is COCC(O)COc1c(Br)cccc1CNC1CC1. The van der Waals surface area contributed by atoms with Crippen molar-refractivity contribution in [1.82, 2.24) is 5.32 Å². The Kier molecular flexibility index (Phi) is 5.63. The van der Waals surface area contributed by atoms with Gasteiger partial charge in [-0.1, -0.05) is 12.1 Å². The Labute approximate surface area is 122 Å². The van der Waals surface area contributed by atoms with Gasteiger partial charge < -0.3 is 19.9 Å². The number of rotatable bonds is 8. The molecule has 0 amide bonds. The van der Waals surface area contributed by atoms with Crippen molar-refractivity contribution in [3.8, 4) is 5.75 Å². The number of hydrogen-bond donors (Lipinski definition) is 2. The smallest absolute Gasteiger partial charge is 0.138 e. The average Bonchev–Trinajstić information content (AvgIpc) is 3.19. The fraction of sp³-hybridized carbons (Fsp3) is 0.571. The number of ether oxygens (including phenoxy) is 2. The van der Waals surface area contributed by atoms with Crippen LogP contribution >= 0.6 is 15.9 Å². The topological polar surface area (TPSA) is 50.7 Å². The largest absolute Gasteiger partial charge is 0.489 e. The summed E-state index contributed by atoms with van der Waals surface area (Å²) in [5, 5.41) is 13.1. The minimum atomic E-state index is -0.610. The van der Waals surface area contributed by atoms with Gasteiger partial charge in [0.1, 0.15) is 18.5 Å². The predicted molar refractivity (Wildman–Crippen MR) is 77.4 cm³/mol. The normalized spacial score (nSPS) is 16.4. The number of para-hydroxylation sites is 1. The standard InChI is InChI=1S/C14H20BrNO3/c1-18-8-12(17)9-19-14-10(3-2-4-13(14)15)7-16-11-5-6-11/h2-4,11-12,16-17H,5-9H2,1H3. The third-order valence-electron chi connectivity index (χ3n) is 2.99. The Morgan fingerprint density at radius 2 is 2.21 bits per heavy atom. The molecule has 5 heteroatoms. The lowest BCUT2D eigenvalue weighted by atomic mass is 10.2. The molecule has 1 aliphatic carbocycles. The maximum atomic E-state index is 9.64. The van der Waals surface area contributed by atoms with Crippen LogP contribution < -0.4 is 10.1 Å². The quantitative estimate of drug-likeness (QED) is 0.766. The first kappa shape index (κ1) is 14.8. The van der Waals surface area contributed by atoms with Gasteiger partial charge in [-0.25, -0.2) is 0 Å². The molecule has 0 aliphatic heterocycles. The van der Waals surface area contributed by atoms with E-state index in [4.69, 9.17) is 9.47 Å². The predicted octanol–water partition coefficient (Wildman–Crippen LogP) is 2.09. The van der Waals surface area contributed by atoms with Crippen molar-refractivity contribution < 1.29 is 14.6 Å². The van der Waals surface area contributed by atoms with Crippen molar-refractivity contribution in [2.45, 2.75) is 31.5 Å². The second kappa shape index (κ2) is 7.24. The summed E-state index contributed by atoms with van der Waals surface area (Å²) in [6.07, 6.45) is 1.91. The Morgan fingerprint density at radius 1 is 1.42 bits per heavy atom. The van der Waals surface area contributed by atoms with Crippen LogP contribution in [0.3, 0.4) is 0 Å². The van der Waals surface area contributed by atoms with E-state index >= 15 is 0 Å². The van der Waals surface area contributed by atoms with Crippen LogP contribution in [-0.4, -0.2) is 37.6 Å². The highest BCUT2D eigenvalue weighted by molar-refractivity contribution is 9.10. The average molecular weight is 330 g/mol. The van der Waals surface area contributed by atoms with Crippen molar-refractivity contribution in [2.24, 2.45) is 0 Å². The molecular weight excluding hydrogens is 310 g/mol. The molecule has 4 nitrogen and oxygen atoms in total. The van der Waals surface area contributed by atoms with Gasteiger partial charge in [-0.05, 0) is 34.8 Å². The molecule has 1 atom stereocenters. The number of nitrogens with one attached hydrogen (secondary N) is 1. The van der Waals surface area contributed by atoms with Crippen LogP contribution in [0.15, 0.2) is 22.7 Å². The molecular formula is C14H20BrNO3. The minimum Gasteiger partial charge on any atom is -0.489 e. The molecule has 19 heavy (non-hydrogen) atoms. The van der Waals surface area contributed by atoms with Gasteiger partial charge >= 0.3 is 0 Å². The van der Waals surface area contributed by atoms with Crippen LogP contribution in [0.4, 0.5) is 0 Å². The maximum Gasteiger partial charge on any atom is 0.138 e. The van der Waals surface area contributed by atoms with Crippen molar-refractivity contribution in [2.75, 3.05) is 20.3 Å². The van der Waals surface area contributed by atoms with E-state index in [9.17, 15) is 5.11 Å². The van der Waals surface area contributed by atoms with E-state index in [0.29, 0.717) is 6.04 Å². The van der Waals surface area contributed by atoms with Gasteiger partial charge in [0.05, 0.1) is 11.1 Å². The summed E-state index contributed by atoms with van der Waals surface area (Å²) in [5.41, 5.74) is 1.10. The van der Waals surface area contributed by atoms with Crippen molar-refractivity contribution in [3.05, 3.63) is 28.2 Å². The third kappa shape index (κ3) is 4.76. The molecule has 0 bridgehead atoms. The Morgan fingerprint density at radius 3 is 2.89 bits per heavy atom. The summed E-state index contributed by atoms with van der Waals surface area (Å²) in [6.45, 7) is 1.30. The van der Waals surface area contributed by atoms with Gasteiger partial charge in [-0.15, -0.1) is 0 Å². The van der Waals surface area contributed by atoms with Gasteiger partial charge in [0.25, 0.3) is 0 Å². The summed E-state index contributed by atoms with van der Waals surface area (Å²) in [5.74, 6) is 0.797. The number of halogens is 1. The summed E-state index contributed by atoms with van der Waals surface area (Å²) in [4.78, 5) is 0. The number of benzene rings is 1. The molecule has 1 saturated carbocycles. The Bertz CT molecular complexity index is 410. The molecule has 1 unspecified atom stereocenters. The van der Waals surface area contributed by atoms with Gasteiger partial charge in [0, 0.05) is 25.3 Å². The van der Waals surface area contributed by atoms with Gasteiger partial charge in [0.15, 0.2) is 0 Å². The summed E-state index contributed by atoms with van der Waals surface area (Å²) in [6, 6.07) is 6.63. The number of aliphatic hydroxyl groups excluding tert-OH is 1. The molecule has 1 fully saturated rings. The van der Waals surface area contributed by atoms with Crippen molar-refractivity contribution >= 4 is 15.9 Å². The lowest BCUT2D eigenvalue weighted by Gasteiger charge is -2.16. The van der Waals surface area contributed by atoms with E-state index in [1.807, 2.05) is 18.2 Å². The zero-order valence-electron chi connectivity index (χ0n) is 11.1. The number of methoxy groups -OCH3 is 1. The van der Waals surface area contributed by atoms with Gasteiger partial charge in [0.2, 0.25) is 0 Å². The molecule has 0 spiro atoms. The minimum absolute atomic E-state index is 0.229. The van der Waals surface area contributed by atoms with Crippen molar-refractivity contribution in [1.29, 1.82) is 0 Å². The fourth-order valence-corrected chi connectivity index (χ4v) is 2.34. The Balaban J connectivity index is 1.95. The van der Waals surface area contributed by atoms with Crippen LogP contribution in [0.1, 0.15) is 18.4 Å². The molecule has 0 aromatic heterocycles. The van der Waals surface area contributed by atoms with E-state index in [0.717, 1.165) is 22.3 Å². The first-order valence-electron chi connectivity index (χ1n) is 6.51. The fourth-order valence-electron chi connectivity index (χ4n) is 1.82. The summed E-state index contributed by atoms with van der Waals surface area (Å²) >= 11 is 3.49. The zero-order valence-corrected chi connectivity index (χ0v) is 12.6. The highest BCUT2D eigenvalue weighted by atomic mass is 79.9. The van der Waals surface area contributed by atoms with Crippen LogP contribution in [0.25, 0.3) is 0 Å². The molecule has 2 rings (SSSR count). The van der Waals surface area contributed by atoms with E-state index in [1.54, 1.807) is 7.11 Å². The van der Waals surface area contributed by atoms with Crippen LogP contribution in [-0.2, 0) is 11.3 Å². The lowest BCUT2D eigenvalue weighted by Crippen LogP contribution is -2.23. The number of aliphatic hydroxyl groups is 1. The second-order valence-corrected chi connectivity index (χ2v) is 5.66. The molecule has 0 radical (unpaired) electrons. The van der Waals surface area contributed by atoms with E-state index in [2.05, 4.69) is 21.2 Å². The van der Waals surface area contributed by atoms with Crippen LogP contribution in [0.2, 0.25) is 0 Å². The molecule has 0 heterocycles. The maximum absolute atomic E-state index is 9.64. The van der Waals surface area contributed by atoms with Gasteiger partial charge in [-0.3, -0.25) is 0 Å². The van der Waals surface area contributed by atoms with E-state index in [-0.39, 0.29) is 13.2 Å². The highest BCUT2D eigenvalue weighted by Crippen LogP contribution is 2.30. The first-order chi connectivity index (χ1) is 9.20. The molecule has 1 aromatic rings. The van der Waals surface area contributed by atoms with Gasteiger partial charge in [-0.2, -0.15) is 0 Å². The Hall–Kier alpha value is -0.620. The molecule has 1 aromatic carbocycles. The zero-order chi connectivity index (χ0) is 13.7. The molecule has 106 valence electrons. The molecule has 0 saturated heterocycles. The van der Waals surface area contributed by atoms with E-state index < -0.39 is 6.10 Å². The highest BCUT2D eigenvalue weighted by Gasteiger charge is 2.21. The second-order valence-electron chi connectivity index (χ2n) is 4.80. The molecule has 2 N–H and O–H groups in total. The first-order valence-corrected chi connectivity index (χ1v) is 7.30. The van der Waals surface area contributed by atoms with Crippen molar-refractivity contribution in [3.63, 3.8) is 0 Å². The van der Waals surface area contributed by atoms with E-state index in [1.165, 1.54) is 12.8 Å². The lowest BCUT2D eigenvalue weighted by molar-refractivity contribution is 0.0321. The number of hydrogen-bond acceptors (Lipinski definition) is 4. The van der Waals surface area contributed by atoms with Crippen LogP contribution in [0.5, 0.6) is 5.75 Å².